The maximum Gasteiger partial charge on any atom is 0.161 e. The summed E-state index contributed by atoms with van der Waals surface area (Å²) in [5.41, 5.74) is 19.6. The maximum absolute atomic E-state index is 5.42. The van der Waals surface area contributed by atoms with Crippen molar-refractivity contribution in [2.75, 3.05) is 0 Å². The maximum atomic E-state index is 5.42. The second kappa shape index (κ2) is 15.6. The summed E-state index contributed by atoms with van der Waals surface area (Å²) >= 11 is 0. The molecule has 65 heavy (non-hydrogen) atoms. The Hall–Kier alpha value is -8.20. The summed E-state index contributed by atoms with van der Waals surface area (Å²) in [7, 11) is 0. The van der Waals surface area contributed by atoms with Gasteiger partial charge in [0.05, 0.1) is 11.4 Å². The van der Waals surface area contributed by atoms with Gasteiger partial charge in [-0.25, -0.2) is 9.97 Å². The predicted molar refractivity (Wildman–Crippen MR) is 273 cm³/mol. The molecule has 0 atom stereocenters. The summed E-state index contributed by atoms with van der Waals surface area (Å²) in [5, 5.41) is 4.81. The van der Waals surface area contributed by atoms with Gasteiger partial charge in [-0.2, -0.15) is 0 Å². The summed E-state index contributed by atoms with van der Waals surface area (Å²) in [6.45, 7) is 4.74. The van der Waals surface area contributed by atoms with Crippen LogP contribution in [0.1, 0.15) is 25.0 Å². The Morgan fingerprint density at radius 3 is 1.38 bits per heavy atom. The van der Waals surface area contributed by atoms with E-state index in [-0.39, 0.29) is 5.41 Å². The highest BCUT2D eigenvalue weighted by molar-refractivity contribution is 6.08. The molecule has 1 aromatic heterocycles. The van der Waals surface area contributed by atoms with Crippen molar-refractivity contribution in [3.05, 3.63) is 242 Å². The van der Waals surface area contributed by atoms with E-state index in [1.54, 1.807) is 0 Å². The van der Waals surface area contributed by atoms with Crippen molar-refractivity contribution in [3.63, 3.8) is 0 Å². The zero-order chi connectivity index (χ0) is 43.5. The summed E-state index contributed by atoms with van der Waals surface area (Å²) in [4.78, 5) is 10.8. The van der Waals surface area contributed by atoms with Crippen LogP contribution in [-0.2, 0) is 5.41 Å². The molecule has 0 N–H and O–H groups in total. The average molecular weight is 829 g/mol. The SMILES string of the molecule is CC1(C)c2cc3ccccc3cc2-c2c(-c3ccccc3-c3ccc(-c4nc(-c5cccc(-c6ccccc6)c5)cc(-c5cccc(-c6ccccc6)c5)n4)c4ccccc34)cccc21. The molecule has 12 rings (SSSR count). The van der Waals surface area contributed by atoms with E-state index in [1.807, 2.05) is 0 Å². The molecule has 306 valence electrons. The zero-order valence-corrected chi connectivity index (χ0v) is 36.3. The molecule has 2 heteroatoms. The number of hydrogen-bond acceptors (Lipinski definition) is 2. The summed E-state index contributed by atoms with van der Waals surface area (Å²) in [5.74, 6) is 0.690. The lowest BCUT2D eigenvalue weighted by Crippen LogP contribution is -2.14. The third-order valence-electron chi connectivity index (χ3n) is 13.5. The molecule has 1 heterocycles. The molecule has 0 amide bonds. The topological polar surface area (TPSA) is 25.8 Å². The fourth-order valence-corrected chi connectivity index (χ4v) is 10.2. The van der Waals surface area contributed by atoms with Crippen LogP contribution in [0, 0.1) is 0 Å². The third kappa shape index (κ3) is 6.65. The number of fused-ring (bicyclic) bond motifs is 5. The van der Waals surface area contributed by atoms with Crippen LogP contribution in [-0.4, -0.2) is 9.97 Å². The molecule has 10 aromatic carbocycles. The summed E-state index contributed by atoms with van der Waals surface area (Å²) in [6, 6.07) is 83.3. The average Bonchev–Trinajstić information content (AvgIpc) is 3.60. The lowest BCUT2D eigenvalue weighted by molar-refractivity contribution is 0.661. The second-order valence-electron chi connectivity index (χ2n) is 17.7. The molecule has 2 nitrogen and oxygen atoms in total. The molecule has 0 saturated heterocycles. The minimum atomic E-state index is -0.132. The van der Waals surface area contributed by atoms with Crippen molar-refractivity contribution in [3.8, 4) is 89.5 Å². The van der Waals surface area contributed by atoms with Gasteiger partial charge >= 0.3 is 0 Å². The van der Waals surface area contributed by atoms with Crippen LogP contribution in [0.15, 0.2) is 231 Å². The van der Waals surface area contributed by atoms with Gasteiger partial charge in [0, 0.05) is 22.1 Å². The second-order valence-corrected chi connectivity index (χ2v) is 17.7. The molecule has 0 unspecified atom stereocenters. The minimum Gasteiger partial charge on any atom is -0.228 e. The minimum absolute atomic E-state index is 0.132. The van der Waals surface area contributed by atoms with E-state index in [9.17, 15) is 0 Å². The highest BCUT2D eigenvalue weighted by atomic mass is 14.9. The molecule has 0 bridgehead atoms. The molecule has 11 aromatic rings. The largest absolute Gasteiger partial charge is 0.228 e. The van der Waals surface area contributed by atoms with Gasteiger partial charge in [0.2, 0.25) is 0 Å². The lowest BCUT2D eigenvalue weighted by atomic mass is 9.81. The van der Waals surface area contributed by atoms with E-state index in [0.29, 0.717) is 5.82 Å². The van der Waals surface area contributed by atoms with E-state index in [0.717, 1.165) is 50.0 Å². The van der Waals surface area contributed by atoms with Crippen LogP contribution in [0.5, 0.6) is 0 Å². The Labute approximate surface area is 380 Å². The van der Waals surface area contributed by atoms with Gasteiger partial charge in [0.1, 0.15) is 0 Å². The fraction of sp³-hybridized carbons (Fsp3) is 0.0476. The molecular formula is C63H44N2. The molecule has 1 aliphatic rings. The standard InChI is InChI=1S/C63H44N2/c1-63(2)57-33-17-32-54(61(57)56-38-45-22-9-10-23-46(45)39-58(56)63)51-30-13-11-28-49(51)53-34-35-55(52-31-14-12-29-50(52)53)62-64-59(47-26-15-24-43(36-47)41-18-5-3-6-19-41)40-60(65-62)48-27-16-25-44(37-48)42-20-7-4-8-21-42/h3-40H,1-2H3. The van der Waals surface area contributed by atoms with E-state index >= 15 is 0 Å². The van der Waals surface area contributed by atoms with E-state index in [1.165, 1.54) is 66.4 Å². The van der Waals surface area contributed by atoms with Crippen molar-refractivity contribution in [2.24, 2.45) is 0 Å². The van der Waals surface area contributed by atoms with Crippen molar-refractivity contribution in [1.82, 2.24) is 9.97 Å². The number of nitrogens with zero attached hydrogens (tertiary/aromatic N) is 2. The van der Waals surface area contributed by atoms with Crippen LogP contribution >= 0.6 is 0 Å². The van der Waals surface area contributed by atoms with Crippen LogP contribution in [0.4, 0.5) is 0 Å². The highest BCUT2D eigenvalue weighted by Crippen LogP contribution is 2.54. The molecule has 1 aliphatic carbocycles. The van der Waals surface area contributed by atoms with Crippen LogP contribution in [0.3, 0.4) is 0 Å². The van der Waals surface area contributed by atoms with Gasteiger partial charge in [0.15, 0.2) is 5.82 Å². The smallest absolute Gasteiger partial charge is 0.161 e. The highest BCUT2D eigenvalue weighted by Gasteiger charge is 2.37. The van der Waals surface area contributed by atoms with Crippen molar-refractivity contribution in [1.29, 1.82) is 0 Å². The first-order valence-corrected chi connectivity index (χ1v) is 22.5. The molecule has 0 radical (unpaired) electrons. The van der Waals surface area contributed by atoms with E-state index < -0.39 is 0 Å². The fourth-order valence-electron chi connectivity index (χ4n) is 10.2. The van der Waals surface area contributed by atoms with Crippen molar-refractivity contribution >= 4 is 21.5 Å². The van der Waals surface area contributed by atoms with Gasteiger partial charge in [-0.1, -0.05) is 208 Å². The van der Waals surface area contributed by atoms with Crippen LogP contribution in [0.25, 0.3) is 111 Å². The first-order chi connectivity index (χ1) is 32.0. The Bertz CT molecular complexity index is 3520. The first kappa shape index (κ1) is 38.5. The van der Waals surface area contributed by atoms with Crippen LogP contribution < -0.4 is 0 Å². The van der Waals surface area contributed by atoms with E-state index in [2.05, 4.69) is 244 Å². The van der Waals surface area contributed by atoms with Crippen LogP contribution in [0.2, 0.25) is 0 Å². The van der Waals surface area contributed by atoms with Gasteiger partial charge < -0.3 is 0 Å². The quantitative estimate of drug-likeness (QED) is 0.160. The number of hydrogen-bond donors (Lipinski definition) is 0. The monoisotopic (exact) mass is 828 g/mol. The van der Waals surface area contributed by atoms with Gasteiger partial charge in [-0.05, 0) is 125 Å². The predicted octanol–water partition coefficient (Wildman–Crippen LogP) is 16.8. The van der Waals surface area contributed by atoms with Gasteiger partial charge in [-0.3, -0.25) is 0 Å². The molecule has 0 saturated carbocycles. The molecule has 0 fully saturated rings. The third-order valence-corrected chi connectivity index (χ3v) is 13.5. The lowest BCUT2D eigenvalue weighted by Gasteiger charge is -2.22. The normalized spacial score (nSPS) is 12.6. The molecule has 0 aliphatic heterocycles. The zero-order valence-electron chi connectivity index (χ0n) is 36.3. The van der Waals surface area contributed by atoms with Gasteiger partial charge in [-0.15, -0.1) is 0 Å². The Balaban J connectivity index is 1.03. The number of benzene rings is 10. The number of rotatable bonds is 7. The molecule has 0 spiro atoms. The number of aromatic nitrogens is 2. The summed E-state index contributed by atoms with van der Waals surface area (Å²) < 4.78 is 0. The summed E-state index contributed by atoms with van der Waals surface area (Å²) in [6.07, 6.45) is 0. The molecular weight excluding hydrogens is 785 g/mol. The van der Waals surface area contributed by atoms with E-state index in [4.69, 9.17) is 9.97 Å². The van der Waals surface area contributed by atoms with Crippen molar-refractivity contribution in [2.45, 2.75) is 19.3 Å². The first-order valence-electron chi connectivity index (χ1n) is 22.5. The van der Waals surface area contributed by atoms with Crippen molar-refractivity contribution < 1.29 is 0 Å². The Morgan fingerprint density at radius 1 is 0.292 bits per heavy atom. The van der Waals surface area contributed by atoms with Gasteiger partial charge in [0.25, 0.3) is 0 Å². The Morgan fingerprint density at radius 2 is 0.754 bits per heavy atom. The Kier molecular flexibility index (Phi) is 9.21.